The van der Waals surface area contributed by atoms with Gasteiger partial charge in [0.25, 0.3) is 0 Å². The fourth-order valence-corrected chi connectivity index (χ4v) is 4.07. The number of fused-ring (bicyclic) bond motifs is 1. The van der Waals surface area contributed by atoms with Gasteiger partial charge < -0.3 is 5.32 Å². The third-order valence-corrected chi connectivity index (χ3v) is 5.69. The summed E-state index contributed by atoms with van der Waals surface area (Å²) in [5.74, 6) is -0.438. The predicted molar refractivity (Wildman–Crippen MR) is 97.8 cm³/mol. The second kappa shape index (κ2) is 7.42. The zero-order chi connectivity index (χ0) is 18.9. The Kier molecular flexibility index (Phi) is 5.40. The van der Waals surface area contributed by atoms with E-state index in [0.29, 0.717) is 5.03 Å². The Morgan fingerprint density at radius 1 is 1.31 bits per heavy atom. The van der Waals surface area contributed by atoms with Crippen molar-refractivity contribution in [1.29, 1.82) is 0 Å². The Labute approximate surface area is 159 Å². The smallest absolute Gasteiger partial charge is 0.325 e. The van der Waals surface area contributed by atoms with Crippen molar-refractivity contribution < 1.29 is 18.0 Å². The van der Waals surface area contributed by atoms with Gasteiger partial charge in [-0.3, -0.25) is 4.79 Å². The molecule has 2 aromatic heterocycles. The molecule has 2 heterocycles. The van der Waals surface area contributed by atoms with Crippen molar-refractivity contribution in [2.24, 2.45) is 0 Å². The first-order valence-corrected chi connectivity index (χ1v) is 9.42. The minimum absolute atomic E-state index is 0.0301. The number of rotatable bonds is 4. The molecular weight excluding hydrogens is 407 g/mol. The summed E-state index contributed by atoms with van der Waals surface area (Å²) in [7, 11) is 0. The van der Waals surface area contributed by atoms with Gasteiger partial charge in [0, 0.05) is 11.1 Å². The summed E-state index contributed by atoms with van der Waals surface area (Å²) in [6.45, 7) is 1.65. The summed E-state index contributed by atoms with van der Waals surface area (Å²) < 4.78 is 38.7. The lowest BCUT2D eigenvalue weighted by Crippen LogP contribution is -2.22. The van der Waals surface area contributed by atoms with Crippen LogP contribution in [0.25, 0.3) is 10.2 Å². The fraction of sp³-hybridized carbons (Fsp3) is 0.188. The first-order valence-electron chi connectivity index (χ1n) is 7.28. The quantitative estimate of drug-likeness (QED) is 0.451. The summed E-state index contributed by atoms with van der Waals surface area (Å²) in [6.07, 6.45) is -3.18. The molecule has 1 amide bonds. The monoisotopic (exact) mass is 417 g/mol. The second-order valence-electron chi connectivity index (χ2n) is 5.26. The van der Waals surface area contributed by atoms with Crippen LogP contribution in [0.15, 0.2) is 41.0 Å². The number of halogens is 4. The molecule has 0 saturated carbocycles. The van der Waals surface area contributed by atoms with Gasteiger partial charge in [0.2, 0.25) is 5.91 Å². The van der Waals surface area contributed by atoms with Gasteiger partial charge in [0.05, 0.1) is 15.8 Å². The molecule has 0 aliphatic carbocycles. The number of alkyl halides is 3. The molecule has 26 heavy (non-hydrogen) atoms. The Hall–Kier alpha value is -1.84. The number of thiophene rings is 1. The van der Waals surface area contributed by atoms with E-state index in [-0.39, 0.29) is 5.69 Å². The van der Waals surface area contributed by atoms with Crippen LogP contribution >= 0.6 is 34.7 Å². The lowest BCUT2D eigenvalue weighted by Gasteiger charge is -2.14. The van der Waals surface area contributed by atoms with Crippen LogP contribution in [-0.2, 0) is 11.0 Å². The molecule has 0 aliphatic heterocycles. The van der Waals surface area contributed by atoms with Crippen LogP contribution < -0.4 is 5.32 Å². The van der Waals surface area contributed by atoms with Crippen molar-refractivity contribution in [3.05, 3.63) is 46.6 Å². The molecule has 4 nitrogen and oxygen atoms in total. The van der Waals surface area contributed by atoms with Crippen LogP contribution in [0.5, 0.6) is 0 Å². The summed E-state index contributed by atoms with van der Waals surface area (Å²) in [4.78, 5) is 21.5. The van der Waals surface area contributed by atoms with Gasteiger partial charge in [-0.25, -0.2) is 9.97 Å². The maximum Gasteiger partial charge on any atom is 0.417 e. The zero-order valence-corrected chi connectivity index (χ0v) is 15.6. The number of anilines is 1. The SMILES string of the molecule is C[C@@H](Sc1ncnc2sccc12)C(=O)Nc1ccc(Cl)c(C(F)(F)F)c1. The number of benzene rings is 1. The molecule has 1 N–H and O–H groups in total. The van der Waals surface area contributed by atoms with Gasteiger partial charge in [-0.2, -0.15) is 13.2 Å². The van der Waals surface area contributed by atoms with Crippen molar-refractivity contribution in [1.82, 2.24) is 9.97 Å². The van der Waals surface area contributed by atoms with Gasteiger partial charge in [0.1, 0.15) is 16.2 Å². The predicted octanol–water partition coefficient (Wildman–Crippen LogP) is 5.48. The number of carbonyl (C=O) groups excluding carboxylic acids is 1. The van der Waals surface area contributed by atoms with E-state index < -0.39 is 27.9 Å². The second-order valence-corrected chi connectivity index (χ2v) is 7.89. The van der Waals surface area contributed by atoms with Crippen molar-refractivity contribution in [2.75, 3.05) is 5.32 Å². The van der Waals surface area contributed by atoms with E-state index in [9.17, 15) is 18.0 Å². The number of nitrogens with one attached hydrogen (secondary N) is 1. The van der Waals surface area contributed by atoms with E-state index in [1.54, 1.807) is 6.92 Å². The first-order chi connectivity index (χ1) is 12.3. The molecule has 0 saturated heterocycles. The number of thioether (sulfide) groups is 1. The number of hydrogen-bond donors (Lipinski definition) is 1. The van der Waals surface area contributed by atoms with Gasteiger partial charge in [-0.05, 0) is 36.6 Å². The average molecular weight is 418 g/mol. The molecule has 0 radical (unpaired) electrons. The third kappa shape index (κ3) is 4.11. The van der Waals surface area contributed by atoms with Gasteiger partial charge in [-0.1, -0.05) is 23.4 Å². The average Bonchev–Trinajstić information content (AvgIpc) is 3.05. The van der Waals surface area contributed by atoms with Crippen LogP contribution in [0, 0.1) is 0 Å². The van der Waals surface area contributed by atoms with Crippen LogP contribution in [0.3, 0.4) is 0 Å². The molecular formula is C16H11ClF3N3OS2. The fourth-order valence-electron chi connectivity index (χ4n) is 2.15. The topological polar surface area (TPSA) is 54.9 Å². The number of aromatic nitrogens is 2. The molecule has 0 bridgehead atoms. The Balaban J connectivity index is 1.75. The Morgan fingerprint density at radius 3 is 2.81 bits per heavy atom. The Bertz CT molecular complexity index is 961. The highest BCUT2D eigenvalue weighted by molar-refractivity contribution is 8.00. The molecule has 0 fully saturated rings. The van der Waals surface area contributed by atoms with Gasteiger partial charge >= 0.3 is 6.18 Å². The van der Waals surface area contributed by atoms with Crippen LogP contribution in [0.1, 0.15) is 12.5 Å². The summed E-state index contributed by atoms with van der Waals surface area (Å²) >= 11 is 8.26. The minimum atomic E-state index is -4.59. The first kappa shape index (κ1) is 18.9. The molecule has 1 atom stereocenters. The van der Waals surface area contributed by atoms with Gasteiger partial charge in [0.15, 0.2) is 0 Å². The molecule has 3 rings (SSSR count). The van der Waals surface area contributed by atoms with E-state index in [1.807, 2.05) is 11.4 Å². The van der Waals surface area contributed by atoms with Crippen LogP contribution in [0.4, 0.5) is 18.9 Å². The maximum atomic E-state index is 12.9. The van der Waals surface area contributed by atoms with Crippen LogP contribution in [-0.4, -0.2) is 21.1 Å². The lowest BCUT2D eigenvalue weighted by molar-refractivity contribution is -0.137. The normalized spacial score (nSPS) is 13.0. The Morgan fingerprint density at radius 2 is 2.08 bits per heavy atom. The lowest BCUT2D eigenvalue weighted by atomic mass is 10.2. The minimum Gasteiger partial charge on any atom is -0.325 e. The molecule has 1 aromatic carbocycles. The standard InChI is InChI=1S/C16H11ClF3N3OS2/c1-8(26-15-10-4-5-25-14(10)21-7-22-15)13(24)23-9-2-3-12(17)11(6-9)16(18,19)20/h2-8H,1H3,(H,23,24)/t8-/m1/s1. The molecule has 0 spiro atoms. The van der Waals surface area contributed by atoms with Crippen LogP contribution in [0.2, 0.25) is 5.02 Å². The van der Waals surface area contributed by atoms with Crippen molar-refractivity contribution in [3.63, 3.8) is 0 Å². The maximum absolute atomic E-state index is 12.9. The van der Waals surface area contributed by atoms with Gasteiger partial charge in [-0.15, -0.1) is 11.3 Å². The molecule has 0 unspecified atom stereocenters. The third-order valence-electron chi connectivity index (χ3n) is 3.42. The molecule has 136 valence electrons. The number of hydrogen-bond acceptors (Lipinski definition) is 5. The van der Waals surface area contributed by atoms with E-state index in [4.69, 9.17) is 11.6 Å². The number of carbonyl (C=O) groups is 1. The highest BCUT2D eigenvalue weighted by atomic mass is 35.5. The summed E-state index contributed by atoms with van der Waals surface area (Å²) in [6, 6.07) is 5.12. The molecule has 0 aliphatic rings. The van der Waals surface area contributed by atoms with E-state index in [2.05, 4.69) is 15.3 Å². The largest absolute Gasteiger partial charge is 0.417 e. The number of nitrogens with zero attached hydrogens (tertiary/aromatic N) is 2. The highest BCUT2D eigenvalue weighted by Gasteiger charge is 2.33. The summed E-state index contributed by atoms with van der Waals surface area (Å²) in [5, 5.41) is 4.86. The van der Waals surface area contributed by atoms with Crippen molar-refractivity contribution in [3.8, 4) is 0 Å². The van der Waals surface area contributed by atoms with Crippen molar-refractivity contribution >= 4 is 56.5 Å². The van der Waals surface area contributed by atoms with E-state index in [1.165, 1.54) is 35.5 Å². The zero-order valence-electron chi connectivity index (χ0n) is 13.2. The molecule has 10 heteroatoms. The van der Waals surface area contributed by atoms with Crippen molar-refractivity contribution in [2.45, 2.75) is 23.4 Å². The summed E-state index contributed by atoms with van der Waals surface area (Å²) in [5.41, 5.74) is -0.962. The molecule has 3 aromatic rings. The van der Waals surface area contributed by atoms with E-state index in [0.717, 1.165) is 22.3 Å². The highest BCUT2D eigenvalue weighted by Crippen LogP contribution is 2.36. The number of amides is 1. The van der Waals surface area contributed by atoms with E-state index >= 15 is 0 Å².